The summed E-state index contributed by atoms with van der Waals surface area (Å²) in [6.07, 6.45) is 0.839. The molecule has 1 saturated heterocycles. The van der Waals surface area contributed by atoms with Crippen LogP contribution in [0.4, 0.5) is 0 Å². The van der Waals surface area contributed by atoms with Crippen molar-refractivity contribution < 1.29 is 29.2 Å². The quantitative estimate of drug-likeness (QED) is 0.332. The van der Waals surface area contributed by atoms with Gasteiger partial charge in [0.1, 0.15) is 23.9 Å². The van der Waals surface area contributed by atoms with Crippen molar-refractivity contribution >= 4 is 11.9 Å². The highest BCUT2D eigenvalue weighted by atomic mass is 16.5. The van der Waals surface area contributed by atoms with E-state index in [4.69, 9.17) is 14.2 Å². The van der Waals surface area contributed by atoms with E-state index in [1.165, 1.54) is 18.4 Å². The number of para-hydroxylation sites is 1. The van der Waals surface area contributed by atoms with Crippen LogP contribution in [-0.4, -0.2) is 40.9 Å². The van der Waals surface area contributed by atoms with Gasteiger partial charge in [-0.1, -0.05) is 44.2 Å². The van der Waals surface area contributed by atoms with Crippen molar-refractivity contribution in [1.29, 1.82) is 0 Å². The second kappa shape index (κ2) is 12.5. The van der Waals surface area contributed by atoms with Gasteiger partial charge in [0.05, 0.1) is 30.0 Å². The van der Waals surface area contributed by atoms with Crippen LogP contribution < -0.4 is 4.74 Å². The third-order valence-corrected chi connectivity index (χ3v) is 5.35. The summed E-state index contributed by atoms with van der Waals surface area (Å²) < 4.78 is 18.0. The number of aliphatic hydroxyl groups is 1. The third-order valence-electron chi connectivity index (χ3n) is 5.35. The number of aldehydes is 1. The Kier molecular flexibility index (Phi) is 10.1. The zero-order chi connectivity index (χ0) is 24.5. The molecule has 4 atom stereocenters. The Bertz CT molecular complexity index is 919. The van der Waals surface area contributed by atoms with Crippen LogP contribution in [0.1, 0.15) is 63.8 Å². The lowest BCUT2D eigenvalue weighted by Crippen LogP contribution is -2.46. The fourth-order valence-electron chi connectivity index (χ4n) is 3.76. The van der Waals surface area contributed by atoms with Gasteiger partial charge >= 0.3 is 0 Å². The van der Waals surface area contributed by atoms with Crippen molar-refractivity contribution in [3.63, 3.8) is 0 Å². The fourth-order valence-corrected chi connectivity index (χ4v) is 3.76. The molecular formula is C27H36O6. The molecule has 33 heavy (non-hydrogen) atoms. The standard InChI is InChI=1S/C25H30O6.C2H6/c1-15(2)30-23-12-22(31-17(4)24(23)28)21-7-5-6-16(3)25(21)29-14-19(13-26)18-8-10-20(27)11-9-18;1-2/h5-11,13-15,17,22-24,27-28H,12H2,1-4H3;1-2H3/b19-14+;. The van der Waals surface area contributed by atoms with Gasteiger partial charge in [-0.05, 0) is 51.0 Å². The minimum absolute atomic E-state index is 0.0118. The highest BCUT2D eigenvalue weighted by Gasteiger charge is 2.38. The summed E-state index contributed by atoms with van der Waals surface area (Å²) in [7, 11) is 0. The first kappa shape index (κ1) is 26.6. The van der Waals surface area contributed by atoms with Gasteiger partial charge in [0.25, 0.3) is 0 Å². The van der Waals surface area contributed by atoms with Crippen LogP contribution in [0, 0.1) is 6.92 Å². The molecule has 2 N–H and O–H groups in total. The lowest BCUT2D eigenvalue weighted by Gasteiger charge is -2.39. The van der Waals surface area contributed by atoms with Gasteiger partial charge in [-0.3, -0.25) is 4.79 Å². The molecule has 2 aromatic carbocycles. The van der Waals surface area contributed by atoms with E-state index in [9.17, 15) is 15.0 Å². The van der Waals surface area contributed by atoms with Crippen molar-refractivity contribution in [2.75, 3.05) is 0 Å². The summed E-state index contributed by atoms with van der Waals surface area (Å²) in [4.78, 5) is 11.6. The monoisotopic (exact) mass is 456 g/mol. The molecule has 0 radical (unpaired) electrons. The van der Waals surface area contributed by atoms with E-state index in [-0.39, 0.29) is 24.1 Å². The molecule has 1 fully saturated rings. The van der Waals surface area contributed by atoms with Crippen molar-refractivity contribution in [2.24, 2.45) is 0 Å². The first-order valence-corrected chi connectivity index (χ1v) is 11.5. The minimum Gasteiger partial charge on any atom is -0.508 e. The van der Waals surface area contributed by atoms with Gasteiger partial charge in [-0.25, -0.2) is 0 Å². The predicted molar refractivity (Wildman–Crippen MR) is 129 cm³/mol. The molecule has 4 unspecified atom stereocenters. The van der Waals surface area contributed by atoms with E-state index in [2.05, 4.69) is 0 Å². The van der Waals surface area contributed by atoms with Crippen LogP contribution in [0.25, 0.3) is 5.57 Å². The lowest BCUT2D eigenvalue weighted by atomic mass is 9.92. The molecule has 3 rings (SSSR count). The molecular weight excluding hydrogens is 420 g/mol. The van der Waals surface area contributed by atoms with Crippen molar-refractivity contribution in [3.05, 3.63) is 65.4 Å². The average molecular weight is 457 g/mol. The number of aryl methyl sites for hydroxylation is 1. The van der Waals surface area contributed by atoms with E-state index in [0.717, 1.165) is 11.1 Å². The van der Waals surface area contributed by atoms with Crippen molar-refractivity contribution in [1.82, 2.24) is 0 Å². The largest absolute Gasteiger partial charge is 0.508 e. The van der Waals surface area contributed by atoms with Gasteiger partial charge in [-0.2, -0.15) is 0 Å². The van der Waals surface area contributed by atoms with Crippen LogP contribution in [-0.2, 0) is 14.3 Å². The number of aromatic hydroxyl groups is 1. The molecule has 0 aliphatic carbocycles. The summed E-state index contributed by atoms with van der Waals surface area (Å²) in [5, 5.41) is 20.0. The fraction of sp³-hybridized carbons (Fsp3) is 0.444. The molecule has 6 heteroatoms. The Morgan fingerprint density at radius 2 is 1.82 bits per heavy atom. The SMILES string of the molecule is CC.Cc1cccc(C2CC(OC(C)C)C(O)C(C)O2)c1O/C=C(\C=O)c1ccc(O)cc1. The van der Waals surface area contributed by atoms with E-state index in [1.54, 1.807) is 12.1 Å². The Balaban J connectivity index is 0.00000187. The normalized spacial score (nSPS) is 23.0. The van der Waals surface area contributed by atoms with Gasteiger partial charge in [0, 0.05) is 12.0 Å². The summed E-state index contributed by atoms with van der Waals surface area (Å²) in [5.41, 5.74) is 2.72. The van der Waals surface area contributed by atoms with E-state index in [1.807, 2.05) is 59.7 Å². The molecule has 180 valence electrons. The number of rotatable bonds is 7. The molecule has 0 amide bonds. The molecule has 0 spiro atoms. The highest BCUT2D eigenvalue weighted by molar-refractivity contribution is 6.06. The summed E-state index contributed by atoms with van der Waals surface area (Å²) in [5.74, 6) is 0.734. The smallest absolute Gasteiger partial charge is 0.153 e. The number of hydrogen-bond donors (Lipinski definition) is 2. The maximum Gasteiger partial charge on any atom is 0.153 e. The maximum atomic E-state index is 11.6. The first-order chi connectivity index (χ1) is 15.8. The number of carbonyl (C=O) groups is 1. The van der Waals surface area contributed by atoms with Crippen LogP contribution in [0.15, 0.2) is 48.7 Å². The molecule has 0 aromatic heterocycles. The molecule has 0 saturated carbocycles. The number of phenolic OH excluding ortho intramolecular Hbond substituents is 1. The Hall–Kier alpha value is -2.67. The molecule has 6 nitrogen and oxygen atoms in total. The Labute approximate surface area is 196 Å². The summed E-state index contributed by atoms with van der Waals surface area (Å²) in [6, 6.07) is 12.1. The second-order valence-corrected chi connectivity index (χ2v) is 8.13. The Morgan fingerprint density at radius 1 is 1.15 bits per heavy atom. The number of phenols is 1. The summed E-state index contributed by atoms with van der Waals surface area (Å²) >= 11 is 0. The number of aliphatic hydroxyl groups excluding tert-OH is 1. The highest BCUT2D eigenvalue weighted by Crippen LogP contribution is 2.39. The zero-order valence-corrected chi connectivity index (χ0v) is 20.3. The molecule has 1 aliphatic rings. The van der Waals surface area contributed by atoms with Crippen molar-refractivity contribution in [3.8, 4) is 11.5 Å². The maximum absolute atomic E-state index is 11.6. The van der Waals surface area contributed by atoms with Crippen molar-refractivity contribution in [2.45, 2.75) is 78.5 Å². The van der Waals surface area contributed by atoms with Crippen LogP contribution >= 0.6 is 0 Å². The number of benzene rings is 2. The van der Waals surface area contributed by atoms with E-state index < -0.39 is 12.2 Å². The van der Waals surface area contributed by atoms with Crippen LogP contribution in [0.2, 0.25) is 0 Å². The van der Waals surface area contributed by atoms with Gasteiger partial charge in [0.2, 0.25) is 0 Å². The molecule has 2 aromatic rings. The molecule has 1 aliphatic heterocycles. The Morgan fingerprint density at radius 3 is 2.42 bits per heavy atom. The zero-order valence-electron chi connectivity index (χ0n) is 20.3. The van der Waals surface area contributed by atoms with Gasteiger partial charge < -0.3 is 24.4 Å². The van der Waals surface area contributed by atoms with Gasteiger partial charge in [0.15, 0.2) is 6.29 Å². The second-order valence-electron chi connectivity index (χ2n) is 8.13. The number of hydrogen-bond acceptors (Lipinski definition) is 6. The molecule has 0 bridgehead atoms. The molecule has 1 heterocycles. The average Bonchev–Trinajstić information content (AvgIpc) is 2.80. The van der Waals surface area contributed by atoms with Crippen LogP contribution in [0.5, 0.6) is 11.5 Å². The number of carbonyl (C=O) groups excluding carboxylic acids is 1. The third kappa shape index (κ3) is 6.90. The van der Waals surface area contributed by atoms with Gasteiger partial charge in [-0.15, -0.1) is 0 Å². The lowest BCUT2D eigenvalue weighted by molar-refractivity contribution is -0.189. The predicted octanol–water partition coefficient (Wildman–Crippen LogP) is 5.35. The topological polar surface area (TPSA) is 85.2 Å². The van der Waals surface area contributed by atoms with E-state index in [0.29, 0.717) is 29.6 Å². The van der Waals surface area contributed by atoms with Crippen LogP contribution in [0.3, 0.4) is 0 Å². The first-order valence-electron chi connectivity index (χ1n) is 11.5. The number of ether oxygens (including phenoxy) is 3. The van der Waals surface area contributed by atoms with E-state index >= 15 is 0 Å². The minimum atomic E-state index is -0.705. The summed E-state index contributed by atoms with van der Waals surface area (Å²) in [6.45, 7) is 11.6. The number of allylic oxidation sites excluding steroid dienone is 1.